The summed E-state index contributed by atoms with van der Waals surface area (Å²) in [6, 6.07) is 9.72. The monoisotopic (exact) mass is 351 g/mol. The fourth-order valence-corrected chi connectivity index (χ4v) is 2.77. The van der Waals surface area contributed by atoms with Crippen LogP contribution in [0.25, 0.3) is 17.1 Å². The number of ether oxygens (including phenoxy) is 1. The topological polar surface area (TPSA) is 67.3 Å². The normalized spacial score (nSPS) is 13.2. The van der Waals surface area contributed by atoms with Gasteiger partial charge in [-0.3, -0.25) is 4.98 Å². The molecule has 2 N–H and O–H groups in total. The zero-order chi connectivity index (χ0) is 18.0. The summed E-state index contributed by atoms with van der Waals surface area (Å²) in [5.41, 5.74) is 3.47. The molecule has 0 spiro atoms. The molecule has 0 fully saturated rings. The SMILES string of the molecule is OCCCCCCOc1cc(C2=CC=CCN2)nc(-c2ccccn2)c1. The van der Waals surface area contributed by atoms with Crippen molar-refractivity contribution in [2.75, 3.05) is 19.8 Å². The Hall–Kier alpha value is -2.66. The second kappa shape index (κ2) is 9.73. The summed E-state index contributed by atoms with van der Waals surface area (Å²) in [6.45, 7) is 1.71. The number of nitrogens with one attached hydrogen (secondary N) is 1. The van der Waals surface area contributed by atoms with Gasteiger partial charge in [-0.15, -0.1) is 0 Å². The summed E-state index contributed by atoms with van der Waals surface area (Å²) in [5.74, 6) is 0.801. The van der Waals surface area contributed by atoms with E-state index in [1.165, 1.54) is 0 Å². The Balaban J connectivity index is 1.77. The van der Waals surface area contributed by atoms with Gasteiger partial charge < -0.3 is 15.2 Å². The van der Waals surface area contributed by atoms with Crippen LogP contribution in [0.4, 0.5) is 0 Å². The molecule has 0 bridgehead atoms. The molecule has 0 saturated carbocycles. The quantitative estimate of drug-likeness (QED) is 0.676. The minimum absolute atomic E-state index is 0.262. The first-order valence-electron chi connectivity index (χ1n) is 9.15. The Morgan fingerprint density at radius 2 is 1.92 bits per heavy atom. The molecule has 3 rings (SSSR count). The van der Waals surface area contributed by atoms with E-state index in [1.807, 2.05) is 42.5 Å². The van der Waals surface area contributed by atoms with Crippen molar-refractivity contribution in [3.05, 3.63) is 60.5 Å². The minimum Gasteiger partial charge on any atom is -0.493 e. The van der Waals surface area contributed by atoms with Gasteiger partial charge in [0.05, 0.1) is 29.4 Å². The first-order chi connectivity index (χ1) is 12.9. The molecule has 0 saturated heterocycles. The minimum atomic E-state index is 0.262. The van der Waals surface area contributed by atoms with Crippen LogP contribution in [0.2, 0.25) is 0 Å². The maximum absolute atomic E-state index is 8.83. The van der Waals surface area contributed by atoms with Crippen LogP contribution in [0.3, 0.4) is 0 Å². The van der Waals surface area contributed by atoms with Crippen LogP contribution in [0.1, 0.15) is 31.4 Å². The van der Waals surface area contributed by atoms with Crippen molar-refractivity contribution in [2.45, 2.75) is 25.7 Å². The molecule has 26 heavy (non-hydrogen) atoms. The highest BCUT2D eigenvalue weighted by Crippen LogP contribution is 2.25. The molecule has 136 valence electrons. The van der Waals surface area contributed by atoms with Crippen LogP contribution in [-0.2, 0) is 0 Å². The predicted octanol–water partition coefficient (Wildman–Crippen LogP) is 3.58. The molecule has 0 aliphatic carbocycles. The summed E-state index contributed by atoms with van der Waals surface area (Å²) in [4.78, 5) is 9.17. The summed E-state index contributed by atoms with van der Waals surface area (Å²) >= 11 is 0. The van der Waals surface area contributed by atoms with E-state index >= 15 is 0 Å². The first-order valence-corrected chi connectivity index (χ1v) is 9.15. The largest absolute Gasteiger partial charge is 0.493 e. The van der Waals surface area contributed by atoms with Crippen molar-refractivity contribution in [3.63, 3.8) is 0 Å². The van der Waals surface area contributed by atoms with E-state index in [4.69, 9.17) is 14.8 Å². The van der Waals surface area contributed by atoms with E-state index in [2.05, 4.69) is 16.4 Å². The molecular weight excluding hydrogens is 326 g/mol. The van der Waals surface area contributed by atoms with Gasteiger partial charge in [0.15, 0.2) is 0 Å². The third kappa shape index (κ3) is 5.17. The van der Waals surface area contributed by atoms with Crippen LogP contribution >= 0.6 is 0 Å². The molecule has 0 radical (unpaired) electrons. The lowest BCUT2D eigenvalue weighted by atomic mass is 10.1. The van der Waals surface area contributed by atoms with Gasteiger partial charge in [-0.25, -0.2) is 4.98 Å². The van der Waals surface area contributed by atoms with Gasteiger partial charge in [0.1, 0.15) is 5.75 Å². The third-order valence-corrected chi connectivity index (χ3v) is 4.13. The van der Waals surface area contributed by atoms with E-state index in [-0.39, 0.29) is 6.61 Å². The van der Waals surface area contributed by atoms with Gasteiger partial charge in [0.25, 0.3) is 0 Å². The van der Waals surface area contributed by atoms with E-state index in [0.717, 1.165) is 60.8 Å². The van der Waals surface area contributed by atoms with Crippen molar-refractivity contribution >= 4 is 5.70 Å². The van der Waals surface area contributed by atoms with Crippen LogP contribution in [0, 0.1) is 0 Å². The van der Waals surface area contributed by atoms with Crippen LogP contribution in [-0.4, -0.2) is 34.8 Å². The number of dihydropyridines is 1. The van der Waals surface area contributed by atoms with E-state index < -0.39 is 0 Å². The molecule has 1 aliphatic rings. The number of rotatable bonds is 9. The highest BCUT2D eigenvalue weighted by atomic mass is 16.5. The molecule has 1 aliphatic heterocycles. The standard InChI is InChI=1S/C21H25N3O2/c25-13-7-1-2-8-14-26-17-15-20(18-9-3-5-11-22-18)24-21(16-17)19-10-4-6-12-23-19/h3-6,9-11,15-16,23,25H,1-2,7-8,12-14H2. The fraction of sp³-hybridized carbons (Fsp3) is 0.333. The van der Waals surface area contributed by atoms with Crippen LogP contribution < -0.4 is 10.1 Å². The molecular formula is C21H25N3O2. The van der Waals surface area contributed by atoms with Crippen LogP contribution in [0.5, 0.6) is 5.75 Å². The highest BCUT2D eigenvalue weighted by molar-refractivity contribution is 5.68. The second-order valence-corrected chi connectivity index (χ2v) is 6.16. The fourth-order valence-electron chi connectivity index (χ4n) is 2.77. The van der Waals surface area contributed by atoms with Gasteiger partial charge in [0, 0.05) is 31.5 Å². The number of unbranched alkanes of at least 4 members (excludes halogenated alkanes) is 3. The lowest BCUT2D eigenvalue weighted by molar-refractivity contribution is 0.273. The summed E-state index contributed by atoms with van der Waals surface area (Å²) in [7, 11) is 0. The number of nitrogens with zero attached hydrogens (tertiary/aromatic N) is 2. The Bertz CT molecular complexity index is 757. The zero-order valence-corrected chi connectivity index (χ0v) is 14.9. The van der Waals surface area contributed by atoms with Gasteiger partial charge in [0.2, 0.25) is 0 Å². The summed E-state index contributed by atoms with van der Waals surface area (Å²) in [5, 5.41) is 12.2. The van der Waals surface area contributed by atoms with Crippen LogP contribution in [0.15, 0.2) is 54.8 Å². The number of pyridine rings is 2. The molecule has 0 unspecified atom stereocenters. The average Bonchev–Trinajstić information content (AvgIpc) is 2.72. The molecule has 2 aromatic heterocycles. The Kier molecular flexibility index (Phi) is 6.79. The van der Waals surface area contributed by atoms with Crippen molar-refractivity contribution in [1.29, 1.82) is 0 Å². The predicted molar refractivity (Wildman–Crippen MR) is 104 cm³/mol. The van der Waals surface area contributed by atoms with E-state index in [1.54, 1.807) is 6.20 Å². The smallest absolute Gasteiger partial charge is 0.123 e. The molecule has 0 amide bonds. The molecule has 3 heterocycles. The van der Waals surface area contributed by atoms with Gasteiger partial charge in [-0.1, -0.05) is 24.6 Å². The lowest BCUT2D eigenvalue weighted by Gasteiger charge is -2.15. The Morgan fingerprint density at radius 3 is 2.69 bits per heavy atom. The van der Waals surface area contributed by atoms with Gasteiger partial charge in [-0.05, 0) is 37.5 Å². The number of aromatic nitrogens is 2. The lowest BCUT2D eigenvalue weighted by Crippen LogP contribution is -2.15. The van der Waals surface area contributed by atoms with Crippen molar-refractivity contribution in [3.8, 4) is 17.1 Å². The maximum atomic E-state index is 8.83. The first kappa shape index (κ1) is 18.1. The zero-order valence-electron chi connectivity index (χ0n) is 14.9. The summed E-state index contributed by atoms with van der Waals surface area (Å²) < 4.78 is 5.98. The highest BCUT2D eigenvalue weighted by Gasteiger charge is 2.11. The molecule has 5 nitrogen and oxygen atoms in total. The Labute approximate surface area is 154 Å². The van der Waals surface area contributed by atoms with Crippen molar-refractivity contribution in [2.24, 2.45) is 0 Å². The third-order valence-electron chi connectivity index (χ3n) is 4.13. The van der Waals surface area contributed by atoms with E-state index in [9.17, 15) is 0 Å². The number of aliphatic hydroxyl groups is 1. The van der Waals surface area contributed by atoms with Crippen molar-refractivity contribution in [1.82, 2.24) is 15.3 Å². The van der Waals surface area contributed by atoms with Crippen molar-refractivity contribution < 1.29 is 9.84 Å². The Morgan fingerprint density at radius 1 is 1.04 bits per heavy atom. The average molecular weight is 351 g/mol. The molecule has 5 heteroatoms. The number of aliphatic hydroxyl groups excluding tert-OH is 1. The van der Waals surface area contributed by atoms with E-state index in [0.29, 0.717) is 6.61 Å². The number of allylic oxidation sites excluding steroid dienone is 2. The van der Waals surface area contributed by atoms with Gasteiger partial charge >= 0.3 is 0 Å². The molecule has 0 atom stereocenters. The number of hydrogen-bond donors (Lipinski definition) is 2. The second-order valence-electron chi connectivity index (χ2n) is 6.16. The maximum Gasteiger partial charge on any atom is 0.123 e. The molecule has 0 aromatic carbocycles. The molecule has 2 aromatic rings. The van der Waals surface area contributed by atoms with Gasteiger partial charge in [-0.2, -0.15) is 0 Å². The summed E-state index contributed by atoms with van der Waals surface area (Å²) in [6.07, 6.45) is 11.8. The number of hydrogen-bond acceptors (Lipinski definition) is 5.